The van der Waals surface area contributed by atoms with Gasteiger partial charge in [0.1, 0.15) is 0 Å². The molecule has 5 nitrogen and oxygen atoms in total. The Hall–Kier alpha value is -3.09. The quantitative estimate of drug-likeness (QED) is 0.327. The van der Waals surface area contributed by atoms with Crippen LogP contribution in [0.1, 0.15) is 26.4 Å². The average Bonchev–Trinajstić information content (AvgIpc) is 3.45. The number of nitrogens with zero attached hydrogens (tertiary/aromatic N) is 2. The Morgan fingerprint density at radius 1 is 1.06 bits per heavy atom. The zero-order chi connectivity index (χ0) is 21.4. The van der Waals surface area contributed by atoms with Crippen molar-refractivity contribution in [1.29, 1.82) is 0 Å². The van der Waals surface area contributed by atoms with E-state index in [-0.39, 0.29) is 17.5 Å². The van der Waals surface area contributed by atoms with Crippen LogP contribution < -0.4 is 4.31 Å². The van der Waals surface area contributed by atoms with Gasteiger partial charge < -0.3 is 9.29 Å². The van der Waals surface area contributed by atoms with Gasteiger partial charge in [0.25, 0.3) is 0 Å². The molecule has 1 unspecified atom stereocenters. The third-order valence-electron chi connectivity index (χ3n) is 5.41. The van der Waals surface area contributed by atoms with Gasteiger partial charge >= 0.3 is 0 Å². The third-order valence-corrected chi connectivity index (χ3v) is 6.88. The molecule has 154 valence electrons. The number of Topliss-reactive ketones (excluding diaryl/α,β-unsaturated/α-hetero) is 1. The highest BCUT2D eigenvalue weighted by Crippen LogP contribution is 2.35. The van der Waals surface area contributed by atoms with E-state index < -0.39 is 0 Å². The molecule has 2 aromatic carbocycles. The first-order chi connectivity index (χ1) is 15.1. The fourth-order valence-corrected chi connectivity index (χ4v) is 5.13. The van der Waals surface area contributed by atoms with E-state index in [1.165, 1.54) is 0 Å². The molecule has 1 atom stereocenters. The molecule has 1 N–H and O–H groups in total. The van der Waals surface area contributed by atoms with Crippen LogP contribution in [0.5, 0.6) is 0 Å². The number of pyridine rings is 1. The largest absolute Gasteiger partial charge is 0.351 e. The van der Waals surface area contributed by atoms with Crippen molar-refractivity contribution < 1.29 is 9.59 Å². The molecule has 3 heterocycles. The first-order valence-corrected chi connectivity index (χ1v) is 11.2. The predicted octanol–water partition coefficient (Wildman–Crippen LogP) is 5.41. The van der Waals surface area contributed by atoms with Gasteiger partial charge in [-0.1, -0.05) is 29.8 Å². The zero-order valence-electron chi connectivity index (χ0n) is 16.4. The molecule has 2 aromatic heterocycles. The van der Waals surface area contributed by atoms with Gasteiger partial charge in [-0.05, 0) is 54.4 Å². The van der Waals surface area contributed by atoms with E-state index in [0.29, 0.717) is 34.1 Å². The summed E-state index contributed by atoms with van der Waals surface area (Å²) < 4.78 is 2.09. The Balaban J connectivity index is 1.51. The zero-order valence-corrected chi connectivity index (χ0v) is 18.0. The highest BCUT2D eigenvalue weighted by molar-refractivity contribution is 8.00. The highest BCUT2D eigenvalue weighted by atomic mass is 35.5. The minimum absolute atomic E-state index is 0.0198. The van der Waals surface area contributed by atoms with Crippen LogP contribution in [0.25, 0.3) is 10.9 Å². The summed E-state index contributed by atoms with van der Waals surface area (Å²) in [5.74, 6) is 0.197. The summed E-state index contributed by atoms with van der Waals surface area (Å²) in [6.45, 7) is 0.573. The molecule has 4 aromatic rings. The maximum Gasteiger partial charge on any atom is 0.209 e. The standard InChI is InChI=1S/C24H18ClN3O2S/c25-17-9-7-15(8-10-17)24(30)22-21(19-5-1-2-6-20(19)27-22)23(29)16-13-28(31-14-16)18-4-3-11-26-12-18/h1-12,16,27H,13-14H2. The van der Waals surface area contributed by atoms with Crippen molar-refractivity contribution in [1.82, 2.24) is 9.97 Å². The Bertz CT molecular complexity index is 1270. The summed E-state index contributed by atoms with van der Waals surface area (Å²) in [6.07, 6.45) is 3.52. The number of hydrogen-bond acceptors (Lipinski definition) is 5. The molecule has 0 saturated carbocycles. The number of nitrogens with one attached hydrogen (secondary N) is 1. The van der Waals surface area contributed by atoms with Crippen molar-refractivity contribution in [2.75, 3.05) is 16.6 Å². The number of aromatic nitrogens is 2. The van der Waals surface area contributed by atoms with Gasteiger partial charge in [-0.25, -0.2) is 0 Å². The number of benzene rings is 2. The summed E-state index contributed by atoms with van der Waals surface area (Å²) in [4.78, 5) is 34.3. The minimum atomic E-state index is -0.221. The lowest BCUT2D eigenvalue weighted by atomic mass is 9.94. The third kappa shape index (κ3) is 3.73. The molecule has 1 saturated heterocycles. The molecular formula is C24H18ClN3O2S. The van der Waals surface area contributed by atoms with Crippen molar-refractivity contribution in [3.8, 4) is 0 Å². The van der Waals surface area contributed by atoms with Crippen LogP contribution in [0.2, 0.25) is 5.02 Å². The number of halogens is 1. The molecular weight excluding hydrogens is 430 g/mol. The van der Waals surface area contributed by atoms with Gasteiger partial charge in [0.15, 0.2) is 5.78 Å². The summed E-state index contributed by atoms with van der Waals surface area (Å²) in [7, 11) is 0. The topological polar surface area (TPSA) is 66.1 Å². The monoisotopic (exact) mass is 447 g/mol. The van der Waals surface area contributed by atoms with Crippen LogP contribution in [0.3, 0.4) is 0 Å². The lowest BCUT2D eigenvalue weighted by Gasteiger charge is -2.16. The van der Waals surface area contributed by atoms with Crippen molar-refractivity contribution in [3.63, 3.8) is 0 Å². The maximum atomic E-state index is 13.7. The number of carbonyl (C=O) groups is 2. The second kappa shape index (κ2) is 8.21. The molecule has 1 aliphatic rings. The van der Waals surface area contributed by atoms with Crippen molar-refractivity contribution in [3.05, 3.63) is 94.9 Å². The van der Waals surface area contributed by atoms with Crippen molar-refractivity contribution in [2.45, 2.75) is 0 Å². The number of H-pyrrole nitrogens is 1. The van der Waals surface area contributed by atoms with Gasteiger partial charge in [0, 0.05) is 40.0 Å². The number of ketones is 2. The van der Waals surface area contributed by atoms with Crippen LogP contribution in [0, 0.1) is 5.92 Å². The molecule has 0 aliphatic carbocycles. The van der Waals surface area contributed by atoms with Crippen LogP contribution in [-0.4, -0.2) is 33.8 Å². The van der Waals surface area contributed by atoms with Crippen molar-refractivity contribution >= 4 is 51.7 Å². The second-order valence-electron chi connectivity index (χ2n) is 7.39. The van der Waals surface area contributed by atoms with E-state index in [4.69, 9.17) is 11.6 Å². The number of para-hydroxylation sites is 1. The summed E-state index contributed by atoms with van der Waals surface area (Å²) in [6, 6.07) is 18.1. The number of carbonyl (C=O) groups excluding carboxylic acids is 2. The van der Waals surface area contributed by atoms with Gasteiger partial charge in [-0.2, -0.15) is 0 Å². The Labute approximate surface area is 188 Å². The highest BCUT2D eigenvalue weighted by Gasteiger charge is 2.34. The fraction of sp³-hybridized carbons (Fsp3) is 0.125. The summed E-state index contributed by atoms with van der Waals surface area (Å²) >= 11 is 7.58. The van der Waals surface area contributed by atoms with Crippen LogP contribution >= 0.6 is 23.5 Å². The number of anilines is 1. The first-order valence-electron chi connectivity index (χ1n) is 9.87. The number of hydrogen-bond donors (Lipinski definition) is 1. The van der Waals surface area contributed by atoms with E-state index >= 15 is 0 Å². The molecule has 1 aliphatic heterocycles. The van der Waals surface area contributed by atoms with Crippen LogP contribution in [0.15, 0.2) is 73.1 Å². The van der Waals surface area contributed by atoms with Crippen molar-refractivity contribution in [2.24, 2.45) is 5.92 Å². The molecule has 0 radical (unpaired) electrons. The Morgan fingerprint density at radius 2 is 1.87 bits per heavy atom. The van der Waals surface area contributed by atoms with E-state index in [2.05, 4.69) is 14.3 Å². The van der Waals surface area contributed by atoms with Gasteiger partial charge in [-0.3, -0.25) is 14.6 Å². The van der Waals surface area contributed by atoms with Gasteiger partial charge in [0.2, 0.25) is 5.78 Å². The molecule has 31 heavy (non-hydrogen) atoms. The second-order valence-corrected chi connectivity index (χ2v) is 8.85. The molecule has 5 rings (SSSR count). The van der Waals surface area contributed by atoms with Crippen LogP contribution in [-0.2, 0) is 0 Å². The summed E-state index contributed by atoms with van der Waals surface area (Å²) in [5.41, 5.74) is 3.03. The fourth-order valence-electron chi connectivity index (χ4n) is 3.84. The number of fused-ring (bicyclic) bond motifs is 1. The molecule has 0 bridgehead atoms. The van der Waals surface area contributed by atoms with E-state index in [9.17, 15) is 9.59 Å². The smallest absolute Gasteiger partial charge is 0.209 e. The first kappa shape index (κ1) is 19.8. The molecule has 0 amide bonds. The average molecular weight is 448 g/mol. The molecule has 7 heteroatoms. The lowest BCUT2D eigenvalue weighted by Crippen LogP contribution is -2.23. The Morgan fingerprint density at radius 3 is 2.65 bits per heavy atom. The molecule has 1 fully saturated rings. The Kier molecular flexibility index (Phi) is 5.26. The lowest BCUT2D eigenvalue weighted by molar-refractivity contribution is 0.0931. The van der Waals surface area contributed by atoms with Gasteiger partial charge in [0.05, 0.1) is 29.1 Å². The van der Waals surface area contributed by atoms with Crippen LogP contribution in [0.4, 0.5) is 5.69 Å². The maximum absolute atomic E-state index is 13.7. The predicted molar refractivity (Wildman–Crippen MR) is 125 cm³/mol. The number of aromatic amines is 1. The summed E-state index contributed by atoms with van der Waals surface area (Å²) in [5, 5.41) is 1.33. The number of rotatable bonds is 5. The van der Waals surface area contributed by atoms with Gasteiger partial charge in [-0.15, -0.1) is 0 Å². The molecule has 0 spiro atoms. The van der Waals surface area contributed by atoms with E-state index in [0.717, 1.165) is 16.6 Å². The van der Waals surface area contributed by atoms with E-state index in [1.54, 1.807) is 48.6 Å². The normalized spacial score (nSPS) is 16.0. The minimum Gasteiger partial charge on any atom is -0.351 e. The SMILES string of the molecule is O=C(c1ccc(Cl)cc1)c1[nH]c2ccccc2c1C(=O)C1CSN(c2cccnc2)C1. The van der Waals surface area contributed by atoms with E-state index in [1.807, 2.05) is 36.4 Å².